The van der Waals surface area contributed by atoms with Crippen molar-refractivity contribution in [2.75, 3.05) is 32.8 Å². The van der Waals surface area contributed by atoms with Crippen LogP contribution in [-0.2, 0) is 9.59 Å². The summed E-state index contributed by atoms with van der Waals surface area (Å²) < 4.78 is 11.4. The topological polar surface area (TPSA) is 59.1 Å². The lowest BCUT2D eigenvalue weighted by atomic mass is 10.1. The van der Waals surface area contributed by atoms with Crippen molar-refractivity contribution in [3.05, 3.63) is 58.6 Å². The standard InChI is InChI=1S/C24H29ClN2O4/c1-17-5-8-22(15-18(17)2)30-16-23(28)26-11-4-12-27(14-13-26)24(29)19(3)31-21-9-6-20(25)7-10-21/h5-10,15,19H,4,11-14,16H2,1-3H3. The first-order valence-electron chi connectivity index (χ1n) is 10.5. The Bertz CT molecular complexity index is 916. The minimum absolute atomic E-state index is 0.00741. The van der Waals surface area contributed by atoms with Crippen molar-refractivity contribution < 1.29 is 19.1 Å². The molecule has 3 rings (SSSR count). The lowest BCUT2D eigenvalue weighted by Crippen LogP contribution is -2.43. The van der Waals surface area contributed by atoms with Gasteiger partial charge in [0.2, 0.25) is 0 Å². The fourth-order valence-corrected chi connectivity index (χ4v) is 3.58. The monoisotopic (exact) mass is 444 g/mol. The van der Waals surface area contributed by atoms with Crippen molar-refractivity contribution in [2.45, 2.75) is 33.3 Å². The van der Waals surface area contributed by atoms with E-state index in [0.29, 0.717) is 42.7 Å². The van der Waals surface area contributed by atoms with Gasteiger partial charge in [-0.1, -0.05) is 17.7 Å². The minimum atomic E-state index is -0.614. The maximum Gasteiger partial charge on any atom is 0.263 e. The van der Waals surface area contributed by atoms with Crippen molar-refractivity contribution >= 4 is 23.4 Å². The Morgan fingerprint density at radius 2 is 1.58 bits per heavy atom. The number of carbonyl (C=O) groups excluding carboxylic acids is 2. The number of rotatable bonds is 6. The smallest absolute Gasteiger partial charge is 0.263 e. The third-order valence-corrected chi connectivity index (χ3v) is 5.73. The molecule has 0 aliphatic carbocycles. The highest BCUT2D eigenvalue weighted by Crippen LogP contribution is 2.18. The van der Waals surface area contributed by atoms with Crippen LogP contribution >= 0.6 is 11.6 Å². The quantitative estimate of drug-likeness (QED) is 0.678. The summed E-state index contributed by atoms with van der Waals surface area (Å²) >= 11 is 5.89. The van der Waals surface area contributed by atoms with E-state index in [4.69, 9.17) is 21.1 Å². The molecule has 1 unspecified atom stereocenters. The average molecular weight is 445 g/mol. The van der Waals surface area contributed by atoms with E-state index >= 15 is 0 Å². The van der Waals surface area contributed by atoms with Crippen molar-refractivity contribution in [1.29, 1.82) is 0 Å². The number of hydrogen-bond acceptors (Lipinski definition) is 4. The maximum atomic E-state index is 12.8. The molecule has 1 heterocycles. The zero-order chi connectivity index (χ0) is 22.4. The molecule has 1 saturated heterocycles. The molecule has 2 amide bonds. The van der Waals surface area contributed by atoms with Crippen LogP contribution < -0.4 is 9.47 Å². The van der Waals surface area contributed by atoms with Crippen LogP contribution in [0.2, 0.25) is 5.02 Å². The molecule has 0 N–H and O–H groups in total. The van der Waals surface area contributed by atoms with Gasteiger partial charge in [0.05, 0.1) is 0 Å². The highest BCUT2D eigenvalue weighted by Gasteiger charge is 2.26. The Balaban J connectivity index is 1.49. The Kier molecular flexibility index (Phi) is 7.80. The van der Waals surface area contributed by atoms with Gasteiger partial charge in [-0.2, -0.15) is 0 Å². The molecule has 0 radical (unpaired) electrons. The van der Waals surface area contributed by atoms with Gasteiger partial charge in [0, 0.05) is 31.2 Å². The summed E-state index contributed by atoms with van der Waals surface area (Å²) in [4.78, 5) is 29.0. The summed E-state index contributed by atoms with van der Waals surface area (Å²) in [5, 5.41) is 0.616. The number of amides is 2. The summed E-state index contributed by atoms with van der Waals surface area (Å²) in [6, 6.07) is 12.7. The van der Waals surface area contributed by atoms with Crippen LogP contribution in [0.5, 0.6) is 11.5 Å². The number of aryl methyl sites for hydroxylation is 2. The first-order chi connectivity index (χ1) is 14.8. The van der Waals surface area contributed by atoms with Gasteiger partial charge in [0.25, 0.3) is 11.8 Å². The Labute approximate surface area is 188 Å². The number of carbonyl (C=O) groups is 2. The van der Waals surface area contributed by atoms with Gasteiger partial charge in [-0.05, 0) is 74.7 Å². The van der Waals surface area contributed by atoms with E-state index in [0.717, 1.165) is 12.0 Å². The lowest BCUT2D eigenvalue weighted by molar-refractivity contribution is -0.138. The first-order valence-corrected chi connectivity index (χ1v) is 10.9. The SMILES string of the molecule is Cc1ccc(OCC(=O)N2CCCN(C(=O)C(C)Oc3ccc(Cl)cc3)CC2)cc1C. The second kappa shape index (κ2) is 10.5. The largest absolute Gasteiger partial charge is 0.484 e. The Morgan fingerprint density at radius 1 is 0.935 bits per heavy atom. The normalized spacial score (nSPS) is 15.2. The number of benzene rings is 2. The summed E-state index contributed by atoms with van der Waals surface area (Å²) in [5.74, 6) is 1.13. The second-order valence-electron chi connectivity index (χ2n) is 7.81. The van der Waals surface area contributed by atoms with E-state index in [-0.39, 0.29) is 18.4 Å². The minimum Gasteiger partial charge on any atom is -0.484 e. The fraction of sp³-hybridized carbons (Fsp3) is 0.417. The molecule has 1 aliphatic heterocycles. The molecular weight excluding hydrogens is 416 g/mol. The zero-order valence-electron chi connectivity index (χ0n) is 18.3. The fourth-order valence-electron chi connectivity index (χ4n) is 3.45. The molecular formula is C24H29ClN2O4. The van der Waals surface area contributed by atoms with Gasteiger partial charge in [-0.3, -0.25) is 9.59 Å². The summed E-state index contributed by atoms with van der Waals surface area (Å²) in [6.07, 6.45) is 0.103. The van der Waals surface area contributed by atoms with Crippen LogP contribution in [0.1, 0.15) is 24.5 Å². The van der Waals surface area contributed by atoms with E-state index < -0.39 is 6.10 Å². The molecule has 7 heteroatoms. The van der Waals surface area contributed by atoms with Crippen LogP contribution in [0.3, 0.4) is 0 Å². The molecule has 0 spiro atoms. The van der Waals surface area contributed by atoms with Crippen LogP contribution in [0.15, 0.2) is 42.5 Å². The van der Waals surface area contributed by atoms with Crippen molar-refractivity contribution in [1.82, 2.24) is 9.80 Å². The van der Waals surface area contributed by atoms with Crippen molar-refractivity contribution in [2.24, 2.45) is 0 Å². The van der Waals surface area contributed by atoms with Crippen LogP contribution in [-0.4, -0.2) is 60.5 Å². The maximum absolute atomic E-state index is 12.8. The molecule has 166 valence electrons. The van der Waals surface area contributed by atoms with E-state index in [1.54, 1.807) is 41.0 Å². The predicted molar refractivity (Wildman–Crippen MR) is 121 cm³/mol. The van der Waals surface area contributed by atoms with E-state index in [1.165, 1.54) is 5.56 Å². The van der Waals surface area contributed by atoms with E-state index in [9.17, 15) is 9.59 Å². The summed E-state index contributed by atoms with van der Waals surface area (Å²) in [5.41, 5.74) is 2.31. The van der Waals surface area contributed by atoms with Crippen molar-refractivity contribution in [3.63, 3.8) is 0 Å². The van der Waals surface area contributed by atoms with Gasteiger partial charge in [0.1, 0.15) is 11.5 Å². The molecule has 31 heavy (non-hydrogen) atoms. The summed E-state index contributed by atoms with van der Waals surface area (Å²) in [6.45, 7) is 7.93. The highest BCUT2D eigenvalue weighted by molar-refractivity contribution is 6.30. The van der Waals surface area contributed by atoms with E-state index in [2.05, 4.69) is 0 Å². The Hall–Kier alpha value is -2.73. The van der Waals surface area contributed by atoms with Gasteiger partial charge >= 0.3 is 0 Å². The third-order valence-electron chi connectivity index (χ3n) is 5.48. The molecule has 0 saturated carbocycles. The van der Waals surface area contributed by atoms with Crippen LogP contribution in [0, 0.1) is 13.8 Å². The predicted octanol–water partition coefficient (Wildman–Crippen LogP) is 3.86. The molecule has 6 nitrogen and oxygen atoms in total. The third kappa shape index (κ3) is 6.37. The van der Waals surface area contributed by atoms with Crippen LogP contribution in [0.25, 0.3) is 0 Å². The highest BCUT2D eigenvalue weighted by atomic mass is 35.5. The number of hydrogen-bond donors (Lipinski definition) is 0. The lowest BCUT2D eigenvalue weighted by Gasteiger charge is -2.25. The Morgan fingerprint density at radius 3 is 2.29 bits per heavy atom. The van der Waals surface area contributed by atoms with Gasteiger partial charge in [0.15, 0.2) is 12.7 Å². The van der Waals surface area contributed by atoms with E-state index in [1.807, 2.05) is 32.0 Å². The number of ether oxygens (including phenoxy) is 2. The van der Waals surface area contributed by atoms with Crippen LogP contribution in [0.4, 0.5) is 0 Å². The molecule has 0 aromatic heterocycles. The molecule has 1 aliphatic rings. The van der Waals surface area contributed by atoms with Gasteiger partial charge in [-0.25, -0.2) is 0 Å². The zero-order valence-corrected chi connectivity index (χ0v) is 19.0. The van der Waals surface area contributed by atoms with Crippen molar-refractivity contribution in [3.8, 4) is 11.5 Å². The average Bonchev–Trinajstić information content (AvgIpc) is 3.01. The number of nitrogens with zero attached hydrogens (tertiary/aromatic N) is 2. The molecule has 2 aromatic rings. The first kappa shape index (κ1) is 22.9. The van der Waals surface area contributed by atoms with Gasteiger partial charge in [-0.15, -0.1) is 0 Å². The second-order valence-corrected chi connectivity index (χ2v) is 8.24. The molecule has 1 fully saturated rings. The molecule has 1 atom stereocenters. The number of halogens is 1. The molecule has 0 bridgehead atoms. The molecule has 2 aromatic carbocycles. The summed E-state index contributed by atoms with van der Waals surface area (Å²) in [7, 11) is 0. The van der Waals surface area contributed by atoms with Gasteiger partial charge < -0.3 is 19.3 Å².